The van der Waals surface area contributed by atoms with Gasteiger partial charge < -0.3 is 21.2 Å². The van der Waals surface area contributed by atoms with Crippen LogP contribution >= 0.6 is 0 Å². The van der Waals surface area contributed by atoms with Gasteiger partial charge in [0, 0.05) is 30.7 Å². The predicted octanol–water partition coefficient (Wildman–Crippen LogP) is 1.61. The van der Waals surface area contributed by atoms with Crippen LogP contribution in [-0.2, 0) is 9.63 Å². The smallest absolute Gasteiger partial charge is 0.243 e. The molecule has 1 unspecified atom stereocenters. The van der Waals surface area contributed by atoms with Crippen molar-refractivity contribution in [2.45, 2.75) is 51.5 Å². The lowest BCUT2D eigenvalue weighted by Gasteiger charge is -2.32. The second kappa shape index (κ2) is 10.2. The van der Waals surface area contributed by atoms with Gasteiger partial charge in [-0.15, -0.1) is 0 Å². The highest BCUT2D eigenvalue weighted by Gasteiger charge is 2.29. The van der Waals surface area contributed by atoms with Crippen LogP contribution in [0, 0.1) is 0 Å². The van der Waals surface area contributed by atoms with Crippen molar-refractivity contribution in [1.82, 2.24) is 15.7 Å². The highest BCUT2D eigenvalue weighted by molar-refractivity contribution is 5.84. The molecule has 4 N–H and O–H groups in total. The van der Waals surface area contributed by atoms with Crippen LogP contribution in [0.15, 0.2) is 24.2 Å². The molecular weight excluding hydrogens is 280 g/mol. The summed E-state index contributed by atoms with van der Waals surface area (Å²) in [6.45, 7) is 7.60. The topological polar surface area (TPSA) is 79.6 Å². The van der Waals surface area contributed by atoms with Crippen LogP contribution in [-0.4, -0.2) is 37.2 Å². The van der Waals surface area contributed by atoms with Crippen LogP contribution in [0.1, 0.15) is 45.4 Å². The highest BCUT2D eigenvalue weighted by Crippen LogP contribution is 2.17. The normalized spacial score (nSPS) is 19.4. The summed E-state index contributed by atoms with van der Waals surface area (Å²) in [7, 11) is 1.62. The minimum Gasteiger partial charge on any atom is -0.403 e. The Kier molecular flexibility index (Phi) is 8.62. The molecule has 1 aliphatic heterocycles. The summed E-state index contributed by atoms with van der Waals surface area (Å²) in [4.78, 5) is 17.4. The first kappa shape index (κ1) is 18.5. The van der Waals surface area contributed by atoms with Crippen molar-refractivity contribution in [3.05, 3.63) is 24.2 Å². The van der Waals surface area contributed by atoms with Gasteiger partial charge in [-0.05, 0) is 38.5 Å². The van der Waals surface area contributed by atoms with E-state index in [1.54, 1.807) is 18.4 Å². The maximum atomic E-state index is 12.0. The summed E-state index contributed by atoms with van der Waals surface area (Å²) < 4.78 is 0. The number of hydroxylamine groups is 2. The summed E-state index contributed by atoms with van der Waals surface area (Å²) in [6.07, 6.45) is 7.15. The molecule has 1 aliphatic rings. The molecule has 0 saturated carbocycles. The molecule has 0 radical (unpaired) electrons. The number of amides is 1. The number of unbranched alkanes of at least 4 members (excludes halogenated alkanes) is 1. The van der Waals surface area contributed by atoms with Gasteiger partial charge in [0.05, 0.1) is 7.11 Å². The van der Waals surface area contributed by atoms with Crippen LogP contribution in [0.25, 0.3) is 0 Å². The zero-order valence-corrected chi connectivity index (χ0v) is 13.9. The third kappa shape index (κ3) is 6.07. The number of rotatable bonds is 10. The van der Waals surface area contributed by atoms with E-state index in [2.05, 4.69) is 24.1 Å². The number of carbonyl (C=O) groups excluding carboxylic acids is 1. The van der Waals surface area contributed by atoms with Crippen molar-refractivity contribution < 1.29 is 9.63 Å². The number of hydrogen-bond donors (Lipinski definition) is 3. The Hall–Kier alpha value is -1.53. The summed E-state index contributed by atoms with van der Waals surface area (Å²) in [5, 5.41) is 7.88. The quantitative estimate of drug-likeness (QED) is 0.422. The lowest BCUT2D eigenvalue weighted by atomic mass is 10.0. The first-order valence-corrected chi connectivity index (χ1v) is 8.06. The van der Waals surface area contributed by atoms with Gasteiger partial charge in [-0.1, -0.05) is 13.5 Å². The fourth-order valence-electron chi connectivity index (χ4n) is 2.51. The number of piperidine rings is 1. The number of nitrogens with two attached hydrogens (primary N) is 1. The van der Waals surface area contributed by atoms with Crippen LogP contribution in [0.5, 0.6) is 0 Å². The van der Waals surface area contributed by atoms with E-state index in [0.29, 0.717) is 0 Å². The van der Waals surface area contributed by atoms with Crippen LogP contribution in [0.2, 0.25) is 0 Å². The van der Waals surface area contributed by atoms with E-state index in [4.69, 9.17) is 10.6 Å². The van der Waals surface area contributed by atoms with E-state index >= 15 is 0 Å². The van der Waals surface area contributed by atoms with Crippen LogP contribution in [0.4, 0.5) is 0 Å². The average molecular weight is 310 g/mol. The maximum Gasteiger partial charge on any atom is 0.243 e. The third-order valence-corrected chi connectivity index (χ3v) is 3.78. The zero-order chi connectivity index (χ0) is 16.4. The van der Waals surface area contributed by atoms with Crippen LogP contribution < -0.4 is 16.4 Å². The Morgan fingerprint density at radius 1 is 1.59 bits per heavy atom. The number of nitrogens with one attached hydrogen (secondary N) is 2. The molecule has 0 aromatic heterocycles. The van der Waals surface area contributed by atoms with Gasteiger partial charge in [-0.3, -0.25) is 4.79 Å². The molecule has 1 fully saturated rings. The average Bonchev–Trinajstić information content (AvgIpc) is 2.51. The second-order valence-corrected chi connectivity index (χ2v) is 5.55. The molecule has 1 atom stereocenters. The second-order valence-electron chi connectivity index (χ2n) is 5.55. The zero-order valence-electron chi connectivity index (χ0n) is 13.9. The standard InChI is InChI=1S/C16H30N4O2/c1-4-10-18-14(12-17)7-5-6-11-20(22-3)15-9-8-13(2)19-16(15)21/h12,15,18H,2,4-11,17H2,1,3H3,(H,19,21)/b14-12-. The van der Waals surface area contributed by atoms with E-state index in [-0.39, 0.29) is 11.9 Å². The third-order valence-electron chi connectivity index (χ3n) is 3.78. The minimum absolute atomic E-state index is 0.0229. The van der Waals surface area contributed by atoms with Gasteiger partial charge in [-0.25, -0.2) is 0 Å². The molecular formula is C16H30N4O2. The number of hydrogen-bond acceptors (Lipinski definition) is 5. The Bertz CT molecular complexity index is 396. The highest BCUT2D eigenvalue weighted by atomic mass is 16.7. The molecule has 0 aromatic carbocycles. The molecule has 0 spiro atoms. The fourth-order valence-corrected chi connectivity index (χ4v) is 2.51. The van der Waals surface area contributed by atoms with Crippen LogP contribution in [0.3, 0.4) is 0 Å². The summed E-state index contributed by atoms with van der Waals surface area (Å²) in [5.74, 6) is -0.0229. The van der Waals surface area contributed by atoms with Crippen molar-refractivity contribution in [3.63, 3.8) is 0 Å². The number of allylic oxidation sites excluding steroid dienone is 2. The lowest BCUT2D eigenvalue weighted by Crippen LogP contribution is -2.49. The van der Waals surface area contributed by atoms with Crippen molar-refractivity contribution >= 4 is 5.91 Å². The van der Waals surface area contributed by atoms with E-state index in [9.17, 15) is 4.79 Å². The number of carbonyl (C=O) groups is 1. The van der Waals surface area contributed by atoms with Gasteiger partial charge in [0.25, 0.3) is 0 Å². The Morgan fingerprint density at radius 3 is 2.95 bits per heavy atom. The number of nitrogens with zero attached hydrogens (tertiary/aromatic N) is 1. The Morgan fingerprint density at radius 2 is 2.36 bits per heavy atom. The SMILES string of the molecule is C=C1CCC(N(CCCC/C(=C/N)NCCC)OC)C(=O)N1. The van der Waals surface area contributed by atoms with E-state index in [1.807, 2.05) is 0 Å². The Labute approximate surface area is 133 Å². The maximum absolute atomic E-state index is 12.0. The monoisotopic (exact) mass is 310 g/mol. The van der Waals surface area contributed by atoms with Gasteiger partial charge >= 0.3 is 0 Å². The van der Waals surface area contributed by atoms with Gasteiger partial charge in [0.2, 0.25) is 5.91 Å². The predicted molar refractivity (Wildman–Crippen MR) is 88.4 cm³/mol. The van der Waals surface area contributed by atoms with E-state index in [0.717, 1.165) is 63.0 Å². The largest absolute Gasteiger partial charge is 0.403 e. The molecule has 6 nitrogen and oxygen atoms in total. The molecule has 1 heterocycles. The summed E-state index contributed by atoms with van der Waals surface area (Å²) in [6, 6.07) is -0.224. The molecule has 0 aliphatic carbocycles. The molecule has 126 valence electrons. The fraction of sp³-hybridized carbons (Fsp3) is 0.688. The Balaban J connectivity index is 2.32. The molecule has 6 heteroatoms. The molecule has 1 saturated heterocycles. The minimum atomic E-state index is -0.224. The van der Waals surface area contributed by atoms with Crippen molar-refractivity contribution in [1.29, 1.82) is 0 Å². The van der Waals surface area contributed by atoms with Crippen molar-refractivity contribution in [2.24, 2.45) is 5.73 Å². The first-order valence-electron chi connectivity index (χ1n) is 8.06. The molecule has 0 aromatic rings. The molecule has 0 bridgehead atoms. The molecule has 1 rings (SSSR count). The summed E-state index contributed by atoms with van der Waals surface area (Å²) >= 11 is 0. The summed E-state index contributed by atoms with van der Waals surface area (Å²) in [5.41, 5.74) is 7.48. The van der Waals surface area contributed by atoms with Gasteiger partial charge in [0.15, 0.2) is 0 Å². The van der Waals surface area contributed by atoms with Crippen molar-refractivity contribution in [3.8, 4) is 0 Å². The van der Waals surface area contributed by atoms with Gasteiger partial charge in [0.1, 0.15) is 6.04 Å². The molecule has 22 heavy (non-hydrogen) atoms. The van der Waals surface area contributed by atoms with E-state index in [1.165, 1.54) is 0 Å². The van der Waals surface area contributed by atoms with E-state index < -0.39 is 0 Å². The van der Waals surface area contributed by atoms with Gasteiger partial charge in [-0.2, -0.15) is 5.06 Å². The first-order chi connectivity index (χ1) is 10.6. The molecule has 1 amide bonds. The van der Waals surface area contributed by atoms with Crippen molar-refractivity contribution in [2.75, 3.05) is 20.2 Å². The lowest BCUT2D eigenvalue weighted by molar-refractivity contribution is -0.176.